The van der Waals surface area contributed by atoms with E-state index < -0.39 is 30.6 Å². The molecule has 1 aliphatic rings. The summed E-state index contributed by atoms with van der Waals surface area (Å²) in [5.74, 6) is -1.06. The van der Waals surface area contributed by atoms with Crippen molar-refractivity contribution in [2.45, 2.75) is 92.1 Å². The smallest absolute Gasteiger partial charge is 0.334 e. The average molecular weight is 693 g/mol. The van der Waals surface area contributed by atoms with Gasteiger partial charge in [0, 0.05) is 32.3 Å². The number of ether oxygens (including phenoxy) is 3. The minimum absolute atomic E-state index is 0.00986. The summed E-state index contributed by atoms with van der Waals surface area (Å²) >= 11 is 0. The fraction of sp³-hybridized carbons (Fsp3) is 0.488. The number of carbonyl (C=O) groups is 3. The van der Waals surface area contributed by atoms with Crippen molar-refractivity contribution in [3.63, 3.8) is 0 Å². The SMILES string of the molecule is CO[C@@H]1C=C(C)C=C[C@@H](C)C=C(C)C(=O)O[C@H](C(C)=CC=C(C)CNC(=O)[C@H](CO)NC=O)[C@@H](C)C=CC=C[C@H](OC)CCC=C(C)C=CC1. The molecular weight excluding hydrogens is 632 g/mol. The van der Waals surface area contributed by atoms with Crippen LogP contribution < -0.4 is 10.6 Å². The molecule has 0 radical (unpaired) electrons. The molecule has 0 aromatic carbocycles. The average Bonchev–Trinajstić information content (AvgIpc) is 3.09. The number of aliphatic hydroxyl groups excluding tert-OH is 1. The summed E-state index contributed by atoms with van der Waals surface area (Å²) in [6.45, 7) is 13.4. The molecule has 9 heteroatoms. The van der Waals surface area contributed by atoms with Crippen LogP contribution in [0, 0.1) is 11.8 Å². The van der Waals surface area contributed by atoms with Gasteiger partial charge in [0.05, 0.1) is 18.8 Å². The van der Waals surface area contributed by atoms with E-state index in [4.69, 9.17) is 14.2 Å². The topological polar surface area (TPSA) is 123 Å². The molecule has 0 spiro atoms. The lowest BCUT2D eigenvalue weighted by Crippen LogP contribution is -2.46. The van der Waals surface area contributed by atoms with Crippen LogP contribution in [0.3, 0.4) is 0 Å². The molecule has 2 amide bonds. The van der Waals surface area contributed by atoms with Gasteiger partial charge in [0.1, 0.15) is 12.1 Å². The van der Waals surface area contributed by atoms with Gasteiger partial charge in [-0.15, -0.1) is 0 Å². The normalized spacial score (nSPS) is 24.6. The Labute approximate surface area is 300 Å². The highest BCUT2D eigenvalue weighted by Gasteiger charge is 2.22. The fourth-order valence-corrected chi connectivity index (χ4v) is 5.05. The highest BCUT2D eigenvalue weighted by molar-refractivity contribution is 5.88. The van der Waals surface area contributed by atoms with Gasteiger partial charge in [-0.1, -0.05) is 110 Å². The van der Waals surface area contributed by atoms with Crippen LogP contribution in [0.4, 0.5) is 0 Å². The van der Waals surface area contributed by atoms with E-state index in [0.717, 1.165) is 36.0 Å². The maximum Gasteiger partial charge on any atom is 0.334 e. The molecule has 0 saturated carbocycles. The van der Waals surface area contributed by atoms with Gasteiger partial charge in [-0.05, 0) is 65.4 Å². The minimum Gasteiger partial charge on any atom is -0.454 e. The molecule has 0 aromatic heterocycles. The van der Waals surface area contributed by atoms with E-state index in [1.165, 1.54) is 5.57 Å². The van der Waals surface area contributed by atoms with Crippen LogP contribution in [-0.2, 0) is 28.6 Å². The molecule has 0 saturated heterocycles. The Balaban J connectivity index is 3.39. The zero-order valence-corrected chi connectivity index (χ0v) is 31.5. The molecule has 1 heterocycles. The van der Waals surface area contributed by atoms with E-state index in [9.17, 15) is 19.5 Å². The lowest BCUT2D eigenvalue weighted by Gasteiger charge is -2.23. The van der Waals surface area contributed by atoms with Gasteiger partial charge < -0.3 is 30.0 Å². The largest absolute Gasteiger partial charge is 0.454 e. The second kappa shape index (κ2) is 25.0. The number of esters is 1. The second-order valence-electron chi connectivity index (χ2n) is 12.8. The summed E-state index contributed by atoms with van der Waals surface area (Å²) in [4.78, 5) is 36.3. The predicted molar refractivity (Wildman–Crippen MR) is 202 cm³/mol. The van der Waals surface area contributed by atoms with Gasteiger partial charge in [-0.25, -0.2) is 4.79 Å². The highest BCUT2D eigenvalue weighted by Crippen LogP contribution is 2.21. The van der Waals surface area contributed by atoms with Gasteiger partial charge in [0.15, 0.2) is 0 Å². The lowest BCUT2D eigenvalue weighted by atomic mass is 9.96. The number of carbonyl (C=O) groups excluding carboxylic acids is 3. The van der Waals surface area contributed by atoms with E-state index in [0.29, 0.717) is 12.0 Å². The summed E-state index contributed by atoms with van der Waals surface area (Å²) in [6, 6.07) is -1.02. The number of hydrogen-bond acceptors (Lipinski definition) is 7. The maximum absolute atomic E-state index is 13.4. The number of methoxy groups -OCH3 is 2. The third-order valence-electron chi connectivity index (χ3n) is 8.17. The second-order valence-corrected chi connectivity index (χ2v) is 12.8. The molecule has 50 heavy (non-hydrogen) atoms. The number of amides is 2. The van der Waals surface area contributed by atoms with Gasteiger partial charge in [0.25, 0.3) is 0 Å². The molecule has 1 rings (SSSR count). The van der Waals surface area contributed by atoms with E-state index in [1.54, 1.807) is 21.1 Å². The molecule has 276 valence electrons. The van der Waals surface area contributed by atoms with Crippen LogP contribution in [0.2, 0.25) is 0 Å². The molecule has 0 aliphatic carbocycles. The standard InChI is InChI=1S/C41H60N2O7/c1-29-14-12-18-36(48-8)17-11-10-16-33(5)39(34(6)23-22-32(4)26-42-40(46)38(27-44)43-28-45)50-41(47)35(7)24-30(2)20-21-31(3)25-37(49-9)19-13-15-29/h10-11,13-17,20-25,28,30,33,36-39,44H,12,18-19,26-27H2,1-9H3,(H,42,46)(H,43,45)/t30-,33+,36+,37+,38+,39+/m1/s1. The van der Waals surface area contributed by atoms with Gasteiger partial charge in [-0.2, -0.15) is 0 Å². The Bertz CT molecular complexity index is 1360. The van der Waals surface area contributed by atoms with E-state index in [2.05, 4.69) is 41.9 Å². The Kier molecular flexibility index (Phi) is 22.0. The summed E-state index contributed by atoms with van der Waals surface area (Å²) in [7, 11) is 3.42. The van der Waals surface area contributed by atoms with Crippen LogP contribution in [0.5, 0.6) is 0 Å². The summed E-state index contributed by atoms with van der Waals surface area (Å²) in [6.07, 6.45) is 28.4. The predicted octanol–water partition coefficient (Wildman–Crippen LogP) is 6.56. The van der Waals surface area contributed by atoms with Crippen molar-refractivity contribution in [3.05, 3.63) is 107 Å². The van der Waals surface area contributed by atoms with E-state index in [1.807, 2.05) is 89.3 Å². The van der Waals surface area contributed by atoms with Crippen molar-refractivity contribution in [1.29, 1.82) is 0 Å². The van der Waals surface area contributed by atoms with Crippen molar-refractivity contribution >= 4 is 18.3 Å². The molecule has 0 unspecified atom stereocenters. The zero-order chi connectivity index (χ0) is 37.5. The third kappa shape index (κ3) is 18.1. The zero-order valence-electron chi connectivity index (χ0n) is 31.5. The minimum atomic E-state index is -1.02. The van der Waals surface area contributed by atoms with Crippen LogP contribution in [-0.4, -0.2) is 75.1 Å². The number of cyclic esters (lactones) is 1. The molecule has 9 nitrogen and oxygen atoms in total. The summed E-state index contributed by atoms with van der Waals surface area (Å²) in [5, 5.41) is 14.3. The maximum atomic E-state index is 13.4. The number of rotatable bonds is 10. The number of hydrogen-bond donors (Lipinski definition) is 3. The summed E-state index contributed by atoms with van der Waals surface area (Å²) < 4.78 is 17.5. The Hall–Kier alpha value is -4.05. The molecule has 0 bridgehead atoms. The van der Waals surface area contributed by atoms with Crippen LogP contribution >= 0.6 is 0 Å². The van der Waals surface area contributed by atoms with Crippen molar-refractivity contribution in [3.8, 4) is 0 Å². The van der Waals surface area contributed by atoms with Crippen molar-refractivity contribution in [1.82, 2.24) is 10.6 Å². The molecular formula is C41H60N2O7. The first-order chi connectivity index (χ1) is 23.8. The first kappa shape index (κ1) is 44.0. The lowest BCUT2D eigenvalue weighted by molar-refractivity contribution is -0.144. The molecule has 6 atom stereocenters. The van der Waals surface area contributed by atoms with Crippen LogP contribution in [0.15, 0.2) is 107 Å². The molecule has 0 aromatic rings. The third-order valence-corrected chi connectivity index (χ3v) is 8.17. The Morgan fingerprint density at radius 3 is 2.36 bits per heavy atom. The quantitative estimate of drug-likeness (QED) is 0.135. The molecule has 3 N–H and O–H groups in total. The first-order valence-corrected chi connectivity index (χ1v) is 17.3. The molecule has 1 aliphatic heterocycles. The van der Waals surface area contributed by atoms with Crippen LogP contribution in [0.25, 0.3) is 0 Å². The van der Waals surface area contributed by atoms with Gasteiger partial charge >= 0.3 is 5.97 Å². The van der Waals surface area contributed by atoms with E-state index >= 15 is 0 Å². The van der Waals surface area contributed by atoms with E-state index in [-0.39, 0.29) is 30.6 Å². The van der Waals surface area contributed by atoms with Crippen molar-refractivity contribution < 1.29 is 33.7 Å². The Morgan fingerprint density at radius 2 is 1.70 bits per heavy atom. The highest BCUT2D eigenvalue weighted by atomic mass is 16.5. The number of allylic oxidation sites excluding steroid dienone is 11. The monoisotopic (exact) mass is 692 g/mol. The molecule has 0 fully saturated rings. The van der Waals surface area contributed by atoms with Gasteiger partial charge in [-0.3, -0.25) is 9.59 Å². The number of aliphatic hydroxyl groups is 1. The van der Waals surface area contributed by atoms with Crippen molar-refractivity contribution in [2.24, 2.45) is 11.8 Å². The van der Waals surface area contributed by atoms with Crippen LogP contribution in [0.1, 0.15) is 67.7 Å². The van der Waals surface area contributed by atoms with Gasteiger partial charge in [0.2, 0.25) is 12.3 Å². The first-order valence-electron chi connectivity index (χ1n) is 17.3. The number of nitrogens with one attached hydrogen (secondary N) is 2. The Morgan fingerprint density at radius 1 is 1.00 bits per heavy atom. The fourth-order valence-electron chi connectivity index (χ4n) is 5.05. The summed E-state index contributed by atoms with van der Waals surface area (Å²) in [5.41, 5.74) is 4.42. The van der Waals surface area contributed by atoms with Crippen molar-refractivity contribution in [2.75, 3.05) is 27.4 Å².